The van der Waals surface area contributed by atoms with Gasteiger partial charge in [0, 0.05) is 24.2 Å². The summed E-state index contributed by atoms with van der Waals surface area (Å²) in [5, 5.41) is 14.4. The minimum Gasteiger partial charge on any atom is -0.465 e. The molecule has 2 saturated heterocycles. The number of carbonyl (C=O) groups excluding carboxylic acids is 3. The first-order valence-electron chi connectivity index (χ1n) is 18.1. The van der Waals surface area contributed by atoms with Crippen molar-refractivity contribution < 1.29 is 29.0 Å². The van der Waals surface area contributed by atoms with E-state index in [1.165, 1.54) is 7.11 Å². The molecule has 4 atom stereocenters. The number of H-pyrrole nitrogens is 2. The summed E-state index contributed by atoms with van der Waals surface area (Å²) in [4.78, 5) is 70.8. The summed E-state index contributed by atoms with van der Waals surface area (Å²) in [6.45, 7) is 4.71. The van der Waals surface area contributed by atoms with Gasteiger partial charge in [-0.15, -0.1) is 0 Å². The average molecular weight is 731 g/mol. The second-order valence-electron chi connectivity index (χ2n) is 14.0. The molecule has 0 unspecified atom stereocenters. The van der Waals surface area contributed by atoms with E-state index in [1.54, 1.807) is 21.9 Å². The van der Waals surface area contributed by atoms with Crippen LogP contribution in [0.1, 0.15) is 86.0 Å². The van der Waals surface area contributed by atoms with E-state index in [-0.39, 0.29) is 29.8 Å². The minimum absolute atomic E-state index is 0.201. The number of benzene rings is 3. The Labute approximate surface area is 311 Å². The third-order valence-corrected chi connectivity index (χ3v) is 10.1. The smallest absolute Gasteiger partial charge is 0.407 e. The molecule has 0 saturated carbocycles. The molecule has 2 fully saturated rings. The van der Waals surface area contributed by atoms with E-state index >= 15 is 0 Å². The van der Waals surface area contributed by atoms with Crippen LogP contribution in [0.3, 0.4) is 0 Å². The number of aromatic nitrogens is 4. The first-order valence-corrected chi connectivity index (χ1v) is 18.1. The number of amides is 4. The van der Waals surface area contributed by atoms with Gasteiger partial charge in [-0.25, -0.2) is 19.6 Å². The number of likely N-dealkylation sites (tertiary alicyclic amines) is 2. The first-order chi connectivity index (χ1) is 26.1. The van der Waals surface area contributed by atoms with Crippen LogP contribution >= 0.6 is 0 Å². The predicted molar refractivity (Wildman–Crippen MR) is 200 cm³/mol. The van der Waals surface area contributed by atoms with E-state index in [0.717, 1.165) is 58.9 Å². The van der Waals surface area contributed by atoms with Crippen molar-refractivity contribution in [1.29, 1.82) is 0 Å². The maximum Gasteiger partial charge on any atom is 0.407 e. The van der Waals surface area contributed by atoms with E-state index in [0.29, 0.717) is 30.3 Å². The molecule has 0 bridgehead atoms. The second kappa shape index (κ2) is 15.3. The van der Waals surface area contributed by atoms with Crippen LogP contribution in [0, 0.1) is 17.8 Å². The van der Waals surface area contributed by atoms with Crippen LogP contribution in [0.15, 0.2) is 66.7 Å². The molecule has 2 aromatic heterocycles. The Morgan fingerprint density at radius 1 is 0.796 bits per heavy atom. The van der Waals surface area contributed by atoms with Gasteiger partial charge in [-0.1, -0.05) is 56.0 Å². The zero-order chi connectivity index (χ0) is 37.9. The van der Waals surface area contributed by atoms with Gasteiger partial charge in [0.2, 0.25) is 5.91 Å². The van der Waals surface area contributed by atoms with Gasteiger partial charge in [0.25, 0.3) is 5.91 Å². The number of nitrogens with zero attached hydrogens (tertiary/aromatic N) is 4. The van der Waals surface area contributed by atoms with Crippen molar-refractivity contribution in [1.82, 2.24) is 40.4 Å². The van der Waals surface area contributed by atoms with Gasteiger partial charge < -0.3 is 40.2 Å². The maximum atomic E-state index is 13.9. The van der Waals surface area contributed by atoms with E-state index in [2.05, 4.69) is 32.4 Å². The largest absolute Gasteiger partial charge is 0.465 e. The molecule has 2 aliphatic heterocycles. The van der Waals surface area contributed by atoms with Gasteiger partial charge in [0.1, 0.15) is 23.7 Å². The molecular formula is C40H42N8O6. The molecule has 4 heterocycles. The van der Waals surface area contributed by atoms with Crippen LogP contribution in [0.5, 0.6) is 0 Å². The maximum absolute atomic E-state index is 13.9. The number of methoxy groups -OCH3 is 1. The number of carboxylic acid groups (broad SMARTS) is 1. The summed E-state index contributed by atoms with van der Waals surface area (Å²) < 4.78 is 4.81. The number of hydrogen-bond donors (Lipinski definition) is 5. The summed E-state index contributed by atoms with van der Waals surface area (Å²) >= 11 is 0. The second-order valence-corrected chi connectivity index (χ2v) is 14.0. The molecule has 7 rings (SSSR count). The van der Waals surface area contributed by atoms with Crippen LogP contribution in [0.4, 0.5) is 9.59 Å². The lowest BCUT2D eigenvalue weighted by atomic mass is 10.0. The quantitative estimate of drug-likeness (QED) is 0.129. The fourth-order valence-electron chi connectivity index (χ4n) is 7.40. The van der Waals surface area contributed by atoms with Crippen LogP contribution in [-0.2, 0) is 14.3 Å². The minimum atomic E-state index is -1.22. The van der Waals surface area contributed by atoms with E-state index in [4.69, 9.17) is 14.7 Å². The number of rotatable bonds is 8. The van der Waals surface area contributed by atoms with Crippen molar-refractivity contribution in [2.75, 3.05) is 20.2 Å². The molecule has 4 amide bonds. The van der Waals surface area contributed by atoms with Crippen molar-refractivity contribution in [3.05, 3.63) is 95.1 Å². The third-order valence-electron chi connectivity index (χ3n) is 10.1. The lowest BCUT2D eigenvalue weighted by Crippen LogP contribution is -2.50. The van der Waals surface area contributed by atoms with Gasteiger partial charge in [0.05, 0.1) is 41.3 Å². The van der Waals surface area contributed by atoms with Crippen molar-refractivity contribution in [2.45, 2.75) is 63.7 Å². The Morgan fingerprint density at radius 2 is 1.33 bits per heavy atom. The highest BCUT2D eigenvalue weighted by Crippen LogP contribution is 2.35. The van der Waals surface area contributed by atoms with Crippen LogP contribution in [-0.4, -0.2) is 85.1 Å². The normalized spacial score (nSPS) is 18.0. The van der Waals surface area contributed by atoms with Crippen molar-refractivity contribution in [3.63, 3.8) is 0 Å². The Kier molecular flexibility index (Phi) is 10.2. The number of hydrogen-bond acceptors (Lipinski definition) is 7. The summed E-state index contributed by atoms with van der Waals surface area (Å²) in [6.07, 6.45) is 1.14. The van der Waals surface area contributed by atoms with Gasteiger partial charge in [-0.05, 0) is 73.6 Å². The number of imidazole rings is 2. The van der Waals surface area contributed by atoms with Gasteiger partial charge in [0.15, 0.2) is 0 Å². The van der Waals surface area contributed by atoms with E-state index in [9.17, 15) is 24.3 Å². The average Bonchev–Trinajstić information content (AvgIpc) is 3.99. The lowest BCUT2D eigenvalue weighted by Gasteiger charge is -2.29. The SMILES string of the molecule is COC(=O)N[C@@H](C(=O)N1CCC[C@H]1c1nc2ccc(C#Cc3ccc4nc([C@@H]5CCCN5C(=O)[C@@H](NC(=O)O)C(C)C)[nH]c4c3)cc2[nH]1)c1ccccc1. The highest BCUT2D eigenvalue weighted by Gasteiger charge is 2.38. The number of nitrogens with one attached hydrogen (secondary N) is 4. The number of carbonyl (C=O) groups is 4. The molecule has 0 aliphatic carbocycles. The molecule has 14 nitrogen and oxygen atoms in total. The molecule has 0 spiro atoms. The predicted octanol–water partition coefficient (Wildman–Crippen LogP) is 5.56. The highest BCUT2D eigenvalue weighted by molar-refractivity contribution is 5.88. The number of alkyl carbamates (subject to hydrolysis) is 1. The van der Waals surface area contributed by atoms with Crippen molar-refractivity contribution >= 4 is 46.1 Å². The molecule has 5 N–H and O–H groups in total. The van der Waals surface area contributed by atoms with Crippen LogP contribution in [0.25, 0.3) is 22.1 Å². The van der Waals surface area contributed by atoms with Crippen LogP contribution < -0.4 is 10.6 Å². The number of aromatic amines is 2. The Morgan fingerprint density at radius 3 is 1.83 bits per heavy atom. The lowest BCUT2D eigenvalue weighted by molar-refractivity contribution is -0.135. The standard InChI is InChI=1S/C40H42N8O6/c1-23(2)33(45-39(51)52)37(49)47-19-7-11-31(47)35-41-27-17-15-24(21-29(27)43-35)13-14-25-16-18-28-30(22-25)44-36(42-28)32-12-8-20-48(32)38(50)34(46-40(53)54-3)26-9-5-4-6-10-26/h4-6,9-10,15-18,21-23,31-34,45H,7-8,11-12,19-20H2,1-3H3,(H,41,43)(H,42,44)(H,46,53)(H,51,52)/t31-,32-,33-,34+/m0/s1. The summed E-state index contributed by atoms with van der Waals surface area (Å²) in [6, 6.07) is 18.3. The Balaban J connectivity index is 1.08. The molecule has 0 radical (unpaired) electrons. The van der Waals surface area contributed by atoms with E-state index in [1.807, 2.05) is 68.4 Å². The topological polar surface area (TPSA) is 186 Å². The molecular weight excluding hydrogens is 688 g/mol. The van der Waals surface area contributed by atoms with Crippen LogP contribution in [0.2, 0.25) is 0 Å². The molecule has 14 heteroatoms. The first kappa shape index (κ1) is 36.0. The van der Waals surface area contributed by atoms with Gasteiger partial charge in [-0.3, -0.25) is 9.59 Å². The number of fused-ring (bicyclic) bond motifs is 2. The third kappa shape index (κ3) is 7.43. The molecule has 278 valence electrons. The fourth-order valence-corrected chi connectivity index (χ4v) is 7.40. The summed E-state index contributed by atoms with van der Waals surface area (Å²) in [7, 11) is 1.27. The monoisotopic (exact) mass is 730 g/mol. The van der Waals surface area contributed by atoms with E-state index < -0.39 is 24.3 Å². The van der Waals surface area contributed by atoms with Crippen molar-refractivity contribution in [2.24, 2.45) is 5.92 Å². The zero-order valence-electron chi connectivity index (χ0n) is 30.3. The molecule has 54 heavy (non-hydrogen) atoms. The Hall–Kier alpha value is -6.36. The summed E-state index contributed by atoms with van der Waals surface area (Å²) in [5.41, 5.74) is 5.32. The zero-order valence-corrected chi connectivity index (χ0v) is 30.3. The molecule has 5 aromatic rings. The van der Waals surface area contributed by atoms with Gasteiger partial charge >= 0.3 is 12.2 Å². The van der Waals surface area contributed by atoms with Gasteiger partial charge in [-0.2, -0.15) is 0 Å². The fraction of sp³-hybridized carbons (Fsp3) is 0.350. The molecule has 3 aromatic carbocycles. The molecule has 2 aliphatic rings. The highest BCUT2D eigenvalue weighted by atomic mass is 16.5. The van der Waals surface area contributed by atoms with Crippen molar-refractivity contribution in [3.8, 4) is 11.8 Å². The number of ether oxygens (including phenoxy) is 1. The summed E-state index contributed by atoms with van der Waals surface area (Å²) in [5.74, 6) is 7.14. The Bertz CT molecular complexity index is 2270.